The van der Waals surface area contributed by atoms with E-state index in [4.69, 9.17) is 26.8 Å². The second-order valence-electron chi connectivity index (χ2n) is 4.43. The Hall–Kier alpha value is -1.71. The van der Waals surface area contributed by atoms with E-state index in [9.17, 15) is 0 Å². The summed E-state index contributed by atoms with van der Waals surface area (Å²) in [7, 11) is 0. The molecule has 3 rings (SSSR count). The highest BCUT2D eigenvalue weighted by Crippen LogP contribution is 2.39. The molecule has 2 aromatic rings. The van der Waals surface area contributed by atoms with Gasteiger partial charge in [0.1, 0.15) is 0 Å². The first kappa shape index (κ1) is 12.3. The number of rotatable bonds is 2. The van der Waals surface area contributed by atoms with Gasteiger partial charge in [-0.2, -0.15) is 0 Å². The number of fused-ring (bicyclic) bond motifs is 1. The maximum atomic E-state index is 6.01. The summed E-state index contributed by atoms with van der Waals surface area (Å²) in [6, 6.07) is 15.2. The van der Waals surface area contributed by atoms with Crippen molar-refractivity contribution < 1.29 is 9.47 Å². The lowest BCUT2D eigenvalue weighted by atomic mass is 10.0. The van der Waals surface area contributed by atoms with Crippen LogP contribution in [0.15, 0.2) is 48.5 Å². The van der Waals surface area contributed by atoms with E-state index in [1.54, 1.807) is 0 Å². The van der Waals surface area contributed by atoms with Gasteiger partial charge in [0.2, 0.25) is 0 Å². The zero-order valence-corrected chi connectivity index (χ0v) is 11.0. The van der Waals surface area contributed by atoms with Crippen LogP contribution in [-0.2, 0) is 0 Å². The molecule has 3 nitrogen and oxygen atoms in total. The minimum absolute atomic E-state index is 0.198. The Labute approximate surface area is 116 Å². The fraction of sp³-hybridized carbons (Fsp3) is 0.200. The summed E-state index contributed by atoms with van der Waals surface area (Å²) in [5, 5.41) is 0.699. The van der Waals surface area contributed by atoms with Crippen molar-refractivity contribution in [2.45, 2.75) is 12.2 Å². The van der Waals surface area contributed by atoms with Crippen LogP contribution in [0.5, 0.6) is 11.5 Å². The van der Waals surface area contributed by atoms with Gasteiger partial charge in [-0.1, -0.05) is 35.9 Å². The van der Waals surface area contributed by atoms with Crippen LogP contribution in [0.1, 0.15) is 11.7 Å². The Morgan fingerprint density at radius 2 is 1.58 bits per heavy atom. The molecule has 1 aliphatic heterocycles. The standard InChI is InChI=1S/C15H14ClNO2/c16-11-7-5-10(6-8-11)15-14(9-17)18-12-3-1-2-4-13(12)19-15/h1-8,14-15H,9,17H2. The van der Waals surface area contributed by atoms with Crippen LogP contribution in [0, 0.1) is 0 Å². The number of hydrogen-bond donors (Lipinski definition) is 1. The first-order valence-electron chi connectivity index (χ1n) is 6.16. The lowest BCUT2D eigenvalue weighted by molar-refractivity contribution is 0.0249. The summed E-state index contributed by atoms with van der Waals surface area (Å²) < 4.78 is 11.9. The number of para-hydroxylation sites is 2. The van der Waals surface area contributed by atoms with Gasteiger partial charge in [0.15, 0.2) is 23.7 Å². The van der Waals surface area contributed by atoms with Gasteiger partial charge in [-0.15, -0.1) is 0 Å². The average Bonchev–Trinajstić information content (AvgIpc) is 2.46. The van der Waals surface area contributed by atoms with E-state index in [2.05, 4.69) is 0 Å². The van der Waals surface area contributed by atoms with E-state index >= 15 is 0 Å². The van der Waals surface area contributed by atoms with E-state index in [1.807, 2.05) is 48.5 Å². The van der Waals surface area contributed by atoms with E-state index in [0.717, 1.165) is 17.1 Å². The first-order valence-corrected chi connectivity index (χ1v) is 6.53. The minimum Gasteiger partial charge on any atom is -0.481 e. The Kier molecular flexibility index (Phi) is 3.32. The molecule has 2 atom stereocenters. The molecule has 0 saturated carbocycles. The van der Waals surface area contributed by atoms with Crippen molar-refractivity contribution in [2.24, 2.45) is 5.73 Å². The molecule has 1 aliphatic rings. The van der Waals surface area contributed by atoms with Crippen molar-refractivity contribution in [3.05, 3.63) is 59.1 Å². The summed E-state index contributed by atoms with van der Waals surface area (Å²) in [5.74, 6) is 1.48. The summed E-state index contributed by atoms with van der Waals surface area (Å²) in [4.78, 5) is 0. The van der Waals surface area contributed by atoms with Crippen molar-refractivity contribution in [3.63, 3.8) is 0 Å². The van der Waals surface area contributed by atoms with Gasteiger partial charge < -0.3 is 15.2 Å². The van der Waals surface area contributed by atoms with Gasteiger partial charge in [-0.05, 0) is 29.8 Å². The average molecular weight is 276 g/mol. The molecule has 2 aromatic carbocycles. The normalized spacial score (nSPS) is 21.2. The number of benzene rings is 2. The molecule has 0 bridgehead atoms. The third-order valence-corrected chi connectivity index (χ3v) is 3.40. The van der Waals surface area contributed by atoms with Gasteiger partial charge in [-0.3, -0.25) is 0 Å². The highest BCUT2D eigenvalue weighted by molar-refractivity contribution is 6.30. The molecule has 0 spiro atoms. The van der Waals surface area contributed by atoms with Crippen molar-refractivity contribution in [2.75, 3.05) is 6.54 Å². The molecule has 1 heterocycles. The quantitative estimate of drug-likeness (QED) is 0.915. The Morgan fingerprint density at radius 3 is 2.21 bits per heavy atom. The summed E-state index contributed by atoms with van der Waals surface area (Å²) in [6.07, 6.45) is -0.409. The number of halogens is 1. The zero-order valence-electron chi connectivity index (χ0n) is 10.3. The van der Waals surface area contributed by atoms with Gasteiger partial charge in [0.05, 0.1) is 0 Å². The van der Waals surface area contributed by atoms with Crippen molar-refractivity contribution in [3.8, 4) is 11.5 Å². The number of hydrogen-bond acceptors (Lipinski definition) is 3. The predicted octanol–water partition coefficient (Wildman–Crippen LogP) is 3.18. The number of nitrogens with two attached hydrogens (primary N) is 1. The van der Waals surface area contributed by atoms with Crippen molar-refractivity contribution in [1.82, 2.24) is 0 Å². The van der Waals surface area contributed by atoms with E-state index in [0.29, 0.717) is 11.6 Å². The largest absolute Gasteiger partial charge is 0.481 e. The van der Waals surface area contributed by atoms with Gasteiger partial charge in [0, 0.05) is 11.6 Å². The zero-order chi connectivity index (χ0) is 13.2. The molecule has 19 heavy (non-hydrogen) atoms. The second kappa shape index (κ2) is 5.11. The fourth-order valence-electron chi connectivity index (χ4n) is 2.19. The maximum Gasteiger partial charge on any atom is 0.162 e. The molecule has 0 fully saturated rings. The first-order chi connectivity index (χ1) is 9.28. The maximum absolute atomic E-state index is 6.01. The Bertz CT molecular complexity index is 571. The van der Waals surface area contributed by atoms with E-state index < -0.39 is 0 Å². The van der Waals surface area contributed by atoms with E-state index in [-0.39, 0.29) is 12.2 Å². The van der Waals surface area contributed by atoms with Crippen LogP contribution in [-0.4, -0.2) is 12.6 Å². The molecular formula is C15H14ClNO2. The molecule has 0 aromatic heterocycles. The van der Waals surface area contributed by atoms with Crippen LogP contribution in [0.4, 0.5) is 0 Å². The van der Waals surface area contributed by atoms with Crippen LogP contribution >= 0.6 is 11.6 Å². The highest BCUT2D eigenvalue weighted by Gasteiger charge is 2.31. The molecule has 2 N–H and O–H groups in total. The summed E-state index contributed by atoms with van der Waals surface area (Å²) >= 11 is 5.91. The smallest absolute Gasteiger partial charge is 0.162 e. The lowest BCUT2D eigenvalue weighted by Crippen LogP contribution is -2.38. The van der Waals surface area contributed by atoms with Crippen LogP contribution in [0.3, 0.4) is 0 Å². The SMILES string of the molecule is NCC1Oc2ccccc2OC1c1ccc(Cl)cc1. The molecular weight excluding hydrogens is 262 g/mol. The molecule has 0 radical (unpaired) electrons. The van der Waals surface area contributed by atoms with Crippen molar-refractivity contribution >= 4 is 11.6 Å². The third kappa shape index (κ3) is 2.39. The minimum atomic E-state index is -0.211. The second-order valence-corrected chi connectivity index (χ2v) is 4.87. The topological polar surface area (TPSA) is 44.5 Å². The summed E-state index contributed by atoms with van der Waals surface area (Å²) in [6.45, 7) is 0.391. The Balaban J connectivity index is 1.95. The molecule has 0 aliphatic carbocycles. The Morgan fingerprint density at radius 1 is 0.947 bits per heavy atom. The van der Waals surface area contributed by atoms with Crippen LogP contribution < -0.4 is 15.2 Å². The summed E-state index contributed by atoms with van der Waals surface area (Å²) in [5.41, 5.74) is 6.80. The molecule has 0 amide bonds. The van der Waals surface area contributed by atoms with Crippen LogP contribution in [0.2, 0.25) is 5.02 Å². The van der Waals surface area contributed by atoms with Crippen LogP contribution in [0.25, 0.3) is 0 Å². The fourth-order valence-corrected chi connectivity index (χ4v) is 2.32. The molecule has 4 heteroatoms. The van der Waals surface area contributed by atoms with Gasteiger partial charge in [-0.25, -0.2) is 0 Å². The van der Waals surface area contributed by atoms with Gasteiger partial charge in [0.25, 0.3) is 0 Å². The molecule has 2 unspecified atom stereocenters. The number of ether oxygens (including phenoxy) is 2. The molecule has 98 valence electrons. The van der Waals surface area contributed by atoms with Crippen molar-refractivity contribution in [1.29, 1.82) is 0 Å². The lowest BCUT2D eigenvalue weighted by Gasteiger charge is -2.33. The van der Waals surface area contributed by atoms with Gasteiger partial charge >= 0.3 is 0 Å². The molecule has 0 saturated heterocycles. The third-order valence-electron chi connectivity index (χ3n) is 3.15. The highest BCUT2D eigenvalue weighted by atomic mass is 35.5. The monoisotopic (exact) mass is 275 g/mol. The predicted molar refractivity (Wildman–Crippen MR) is 74.7 cm³/mol. The van der Waals surface area contributed by atoms with E-state index in [1.165, 1.54) is 0 Å².